The molecule has 2 rings (SSSR count). The third kappa shape index (κ3) is 5.20. The van der Waals surface area contributed by atoms with E-state index in [0.717, 1.165) is 11.3 Å². The molecule has 0 heterocycles. The summed E-state index contributed by atoms with van der Waals surface area (Å²) < 4.78 is 5.05. The number of benzene rings is 2. The van der Waals surface area contributed by atoms with Crippen LogP contribution in [0.25, 0.3) is 0 Å². The van der Waals surface area contributed by atoms with Crippen LogP contribution >= 0.6 is 11.8 Å². The van der Waals surface area contributed by atoms with E-state index in [1.807, 2.05) is 24.3 Å². The molecule has 0 atom stereocenters. The lowest BCUT2D eigenvalue weighted by Gasteiger charge is -2.06. The number of amides is 1. The highest BCUT2D eigenvalue weighted by atomic mass is 32.2. The van der Waals surface area contributed by atoms with Crippen LogP contribution in [0.15, 0.2) is 53.4 Å². The Kier molecular flexibility index (Phi) is 6.49. The molecular formula is C18H21NO2S. The molecule has 0 radical (unpaired) electrons. The van der Waals surface area contributed by atoms with E-state index >= 15 is 0 Å². The number of thioether (sulfide) groups is 1. The Morgan fingerprint density at radius 2 is 1.77 bits per heavy atom. The minimum absolute atomic E-state index is 0.0338. The number of carbonyl (C=O) groups is 1. The summed E-state index contributed by atoms with van der Waals surface area (Å²) in [6.07, 6.45) is 0. The maximum Gasteiger partial charge on any atom is 0.251 e. The van der Waals surface area contributed by atoms with Gasteiger partial charge in [0.05, 0.1) is 6.61 Å². The summed E-state index contributed by atoms with van der Waals surface area (Å²) in [5.74, 6) is 0.824. The summed E-state index contributed by atoms with van der Waals surface area (Å²) in [4.78, 5) is 13.2. The predicted octanol–water partition coefficient (Wildman–Crippen LogP) is 3.66. The molecule has 0 aliphatic carbocycles. The Balaban J connectivity index is 1.74. The van der Waals surface area contributed by atoms with Gasteiger partial charge in [-0.2, -0.15) is 0 Å². The van der Waals surface area contributed by atoms with Crippen molar-refractivity contribution in [3.8, 4) is 0 Å². The largest absolute Gasteiger partial charge is 0.380 e. The van der Waals surface area contributed by atoms with Crippen LogP contribution in [-0.2, 0) is 11.3 Å². The quantitative estimate of drug-likeness (QED) is 0.626. The molecule has 0 aromatic heterocycles. The number of hydrogen-bond donors (Lipinski definition) is 1. The number of rotatable bonds is 7. The predicted molar refractivity (Wildman–Crippen MR) is 91.4 cm³/mol. The van der Waals surface area contributed by atoms with Crippen molar-refractivity contribution >= 4 is 17.7 Å². The van der Waals surface area contributed by atoms with Gasteiger partial charge in [-0.15, -0.1) is 11.8 Å². The van der Waals surface area contributed by atoms with E-state index in [-0.39, 0.29) is 5.91 Å². The second-order valence-corrected chi connectivity index (χ2v) is 6.22. The second-order valence-electron chi connectivity index (χ2n) is 5.05. The third-order valence-corrected chi connectivity index (χ3v) is 4.22. The van der Waals surface area contributed by atoms with Gasteiger partial charge >= 0.3 is 0 Å². The lowest BCUT2D eigenvalue weighted by atomic mass is 10.1. The molecule has 4 heteroatoms. The number of methoxy groups -OCH3 is 1. The Morgan fingerprint density at radius 1 is 1.09 bits per heavy atom. The van der Waals surface area contributed by atoms with Gasteiger partial charge in [0.1, 0.15) is 0 Å². The van der Waals surface area contributed by atoms with Crippen molar-refractivity contribution in [1.29, 1.82) is 0 Å². The van der Waals surface area contributed by atoms with Crippen LogP contribution in [0.2, 0.25) is 0 Å². The van der Waals surface area contributed by atoms with E-state index in [9.17, 15) is 4.79 Å². The fourth-order valence-corrected chi connectivity index (χ4v) is 2.76. The Morgan fingerprint density at radius 3 is 2.41 bits per heavy atom. The molecule has 22 heavy (non-hydrogen) atoms. The molecule has 0 saturated heterocycles. The molecule has 0 fully saturated rings. The zero-order chi connectivity index (χ0) is 15.8. The van der Waals surface area contributed by atoms with Crippen LogP contribution < -0.4 is 5.32 Å². The molecule has 0 aliphatic heterocycles. The molecule has 2 aromatic rings. The highest BCUT2D eigenvalue weighted by molar-refractivity contribution is 7.99. The van der Waals surface area contributed by atoms with E-state index in [1.165, 1.54) is 10.5 Å². The summed E-state index contributed by atoms with van der Waals surface area (Å²) in [5.41, 5.74) is 3.00. The highest BCUT2D eigenvalue weighted by Gasteiger charge is 2.04. The fourth-order valence-electron chi connectivity index (χ4n) is 1.99. The fraction of sp³-hybridized carbons (Fsp3) is 0.278. The number of ether oxygens (including phenoxy) is 1. The van der Waals surface area contributed by atoms with Crippen LogP contribution in [0.4, 0.5) is 0 Å². The minimum atomic E-state index is -0.0338. The first-order valence-corrected chi connectivity index (χ1v) is 8.23. The van der Waals surface area contributed by atoms with Crippen molar-refractivity contribution in [3.63, 3.8) is 0 Å². The van der Waals surface area contributed by atoms with Crippen molar-refractivity contribution in [2.45, 2.75) is 18.4 Å². The monoisotopic (exact) mass is 315 g/mol. The van der Waals surface area contributed by atoms with Gasteiger partial charge in [0.25, 0.3) is 5.91 Å². The smallest absolute Gasteiger partial charge is 0.251 e. The van der Waals surface area contributed by atoms with Gasteiger partial charge in [-0.1, -0.05) is 29.8 Å². The molecule has 0 bridgehead atoms. The Labute approximate surface area is 136 Å². The number of nitrogens with one attached hydrogen (secondary N) is 1. The van der Waals surface area contributed by atoms with Gasteiger partial charge in [-0.25, -0.2) is 0 Å². The molecular weight excluding hydrogens is 294 g/mol. The van der Waals surface area contributed by atoms with Crippen molar-refractivity contribution in [1.82, 2.24) is 5.32 Å². The first-order chi connectivity index (χ1) is 10.7. The van der Waals surface area contributed by atoms with Crippen molar-refractivity contribution in [3.05, 3.63) is 65.2 Å². The van der Waals surface area contributed by atoms with Crippen LogP contribution in [0.5, 0.6) is 0 Å². The summed E-state index contributed by atoms with van der Waals surface area (Å²) in [6.45, 7) is 3.29. The Bertz CT molecular complexity index is 593. The highest BCUT2D eigenvalue weighted by Crippen LogP contribution is 2.17. The normalized spacial score (nSPS) is 10.5. The van der Waals surface area contributed by atoms with Crippen molar-refractivity contribution in [2.75, 3.05) is 19.4 Å². The standard InChI is InChI=1S/C18H21NO2S/c1-14-3-9-17(10-4-14)22-12-11-19-18(20)16-7-5-15(6-8-16)13-21-2/h3-10H,11-13H2,1-2H3,(H,19,20). The van der Waals surface area contributed by atoms with Gasteiger partial charge in [-0.05, 0) is 36.8 Å². The summed E-state index contributed by atoms with van der Waals surface area (Å²) in [6, 6.07) is 15.9. The molecule has 3 nitrogen and oxygen atoms in total. The molecule has 0 unspecified atom stereocenters. The maximum absolute atomic E-state index is 12.0. The van der Waals surface area contributed by atoms with E-state index < -0.39 is 0 Å². The SMILES string of the molecule is COCc1ccc(C(=O)NCCSc2ccc(C)cc2)cc1. The molecule has 0 spiro atoms. The summed E-state index contributed by atoms with van der Waals surface area (Å²) in [5, 5.41) is 2.94. The van der Waals surface area contributed by atoms with Crippen molar-refractivity contribution in [2.24, 2.45) is 0 Å². The van der Waals surface area contributed by atoms with Gasteiger partial charge in [0.15, 0.2) is 0 Å². The first kappa shape index (κ1) is 16.6. The second kappa shape index (κ2) is 8.61. The topological polar surface area (TPSA) is 38.3 Å². The van der Waals surface area contributed by atoms with Gasteiger partial charge in [0.2, 0.25) is 0 Å². The van der Waals surface area contributed by atoms with E-state index in [4.69, 9.17) is 4.74 Å². The lowest BCUT2D eigenvalue weighted by molar-refractivity contribution is 0.0956. The zero-order valence-electron chi connectivity index (χ0n) is 13.0. The minimum Gasteiger partial charge on any atom is -0.380 e. The maximum atomic E-state index is 12.0. The van der Waals surface area contributed by atoms with E-state index in [0.29, 0.717) is 18.7 Å². The number of aryl methyl sites for hydroxylation is 1. The zero-order valence-corrected chi connectivity index (χ0v) is 13.8. The molecule has 1 N–H and O–H groups in total. The molecule has 116 valence electrons. The molecule has 1 amide bonds. The first-order valence-electron chi connectivity index (χ1n) is 7.24. The van der Waals surface area contributed by atoms with Crippen molar-refractivity contribution < 1.29 is 9.53 Å². The average Bonchev–Trinajstić information content (AvgIpc) is 2.54. The average molecular weight is 315 g/mol. The lowest BCUT2D eigenvalue weighted by Crippen LogP contribution is -2.25. The van der Waals surface area contributed by atoms with Gasteiger partial charge in [0, 0.05) is 29.9 Å². The van der Waals surface area contributed by atoms with Gasteiger partial charge in [-0.3, -0.25) is 4.79 Å². The van der Waals surface area contributed by atoms with E-state index in [2.05, 4.69) is 36.5 Å². The van der Waals surface area contributed by atoms with Crippen LogP contribution in [-0.4, -0.2) is 25.3 Å². The summed E-state index contributed by atoms with van der Waals surface area (Å²) in [7, 11) is 1.66. The van der Waals surface area contributed by atoms with Crippen LogP contribution in [0, 0.1) is 6.92 Å². The van der Waals surface area contributed by atoms with Gasteiger partial charge < -0.3 is 10.1 Å². The number of carbonyl (C=O) groups excluding carboxylic acids is 1. The molecule has 0 saturated carbocycles. The Hall–Kier alpha value is -1.78. The van der Waals surface area contributed by atoms with Crippen LogP contribution in [0.1, 0.15) is 21.5 Å². The number of hydrogen-bond acceptors (Lipinski definition) is 3. The third-order valence-electron chi connectivity index (χ3n) is 3.20. The molecule has 2 aromatic carbocycles. The summed E-state index contributed by atoms with van der Waals surface area (Å²) >= 11 is 1.74. The molecule has 0 aliphatic rings. The van der Waals surface area contributed by atoms with E-state index in [1.54, 1.807) is 18.9 Å². The van der Waals surface area contributed by atoms with Crippen LogP contribution in [0.3, 0.4) is 0 Å².